The Kier molecular flexibility index (Phi) is 5.11. The van der Waals surface area contributed by atoms with Gasteiger partial charge < -0.3 is 4.74 Å². The predicted octanol–water partition coefficient (Wildman–Crippen LogP) is 6.15. The van der Waals surface area contributed by atoms with Crippen molar-refractivity contribution in [3.05, 3.63) is 74.9 Å². The molecule has 0 aliphatic heterocycles. The lowest BCUT2D eigenvalue weighted by molar-refractivity contribution is 0.103. The summed E-state index contributed by atoms with van der Waals surface area (Å²) in [5.41, 5.74) is 2.96. The fourth-order valence-electron chi connectivity index (χ4n) is 2.59. The minimum absolute atomic E-state index is 0.161. The molecule has 4 nitrogen and oxygen atoms in total. The third kappa shape index (κ3) is 4.13. The molecule has 0 spiro atoms. The molecule has 4 aromatic rings. The molecule has 0 saturated carbocycles. The van der Waals surface area contributed by atoms with Gasteiger partial charge in [0.15, 0.2) is 5.13 Å². The molecule has 0 bridgehead atoms. The molecule has 136 valence electrons. The van der Waals surface area contributed by atoms with Gasteiger partial charge in [0.1, 0.15) is 12.4 Å². The smallest absolute Gasteiger partial charge is 0.267 e. The molecule has 7 heteroatoms. The summed E-state index contributed by atoms with van der Waals surface area (Å²) in [6.07, 6.45) is 0. The van der Waals surface area contributed by atoms with Crippen LogP contribution < -0.4 is 10.1 Å². The number of thiophene rings is 1. The summed E-state index contributed by atoms with van der Waals surface area (Å²) < 4.78 is 6.78. The highest BCUT2D eigenvalue weighted by Gasteiger charge is 2.13. The molecule has 0 fully saturated rings. The zero-order valence-corrected chi connectivity index (χ0v) is 16.8. The number of ether oxygens (including phenoxy) is 1. The molecule has 2 aromatic carbocycles. The number of nitrogens with zero attached hydrogens (tertiary/aromatic N) is 1. The molecule has 0 saturated heterocycles. The van der Waals surface area contributed by atoms with Gasteiger partial charge in [-0.25, -0.2) is 4.98 Å². The van der Waals surface area contributed by atoms with Crippen molar-refractivity contribution in [1.82, 2.24) is 4.98 Å². The molecule has 0 radical (unpaired) electrons. The fourth-order valence-corrected chi connectivity index (χ4v) is 4.50. The lowest BCUT2D eigenvalue weighted by Gasteiger charge is -2.04. The van der Waals surface area contributed by atoms with Gasteiger partial charge in [0, 0.05) is 10.6 Å². The summed E-state index contributed by atoms with van der Waals surface area (Å²) in [4.78, 5) is 17.7. The van der Waals surface area contributed by atoms with Gasteiger partial charge in [-0.2, -0.15) is 0 Å². The van der Waals surface area contributed by atoms with Gasteiger partial charge in [0.2, 0.25) is 0 Å². The largest absolute Gasteiger partial charge is 0.489 e. The number of aromatic nitrogens is 1. The van der Waals surface area contributed by atoms with Crippen LogP contribution in [0.4, 0.5) is 5.13 Å². The number of halogens is 1. The Labute approximate surface area is 169 Å². The van der Waals surface area contributed by atoms with Crippen LogP contribution >= 0.6 is 34.3 Å². The van der Waals surface area contributed by atoms with E-state index in [0.29, 0.717) is 27.4 Å². The minimum Gasteiger partial charge on any atom is -0.489 e. The van der Waals surface area contributed by atoms with Gasteiger partial charge >= 0.3 is 0 Å². The number of hydrogen-bond acceptors (Lipinski definition) is 5. The molecule has 2 heterocycles. The van der Waals surface area contributed by atoms with E-state index in [0.717, 1.165) is 21.3 Å². The Morgan fingerprint density at radius 2 is 2.07 bits per heavy atom. The Balaban J connectivity index is 1.42. The van der Waals surface area contributed by atoms with Gasteiger partial charge in [-0.3, -0.25) is 10.1 Å². The lowest BCUT2D eigenvalue weighted by atomic mass is 10.2. The highest BCUT2D eigenvalue weighted by Crippen LogP contribution is 2.29. The first-order valence-corrected chi connectivity index (χ1v) is 10.3. The van der Waals surface area contributed by atoms with E-state index in [-0.39, 0.29) is 5.91 Å². The monoisotopic (exact) mass is 414 g/mol. The second kappa shape index (κ2) is 7.68. The first-order valence-electron chi connectivity index (χ1n) is 8.22. The van der Waals surface area contributed by atoms with Crippen LogP contribution in [-0.4, -0.2) is 10.9 Å². The number of thiazole rings is 1. The zero-order chi connectivity index (χ0) is 18.8. The molecule has 1 N–H and O–H groups in total. The van der Waals surface area contributed by atoms with Crippen molar-refractivity contribution in [1.29, 1.82) is 0 Å². The molecule has 0 aliphatic rings. The molecule has 2 aromatic heterocycles. The average molecular weight is 415 g/mol. The summed E-state index contributed by atoms with van der Waals surface area (Å²) in [5, 5.41) is 6.04. The van der Waals surface area contributed by atoms with Crippen LogP contribution in [0, 0.1) is 6.92 Å². The molecule has 4 rings (SSSR count). The van der Waals surface area contributed by atoms with Gasteiger partial charge in [0.05, 0.1) is 15.1 Å². The van der Waals surface area contributed by atoms with Crippen LogP contribution in [-0.2, 0) is 6.61 Å². The summed E-state index contributed by atoms with van der Waals surface area (Å²) in [6, 6.07) is 15.1. The second-order valence-electron chi connectivity index (χ2n) is 5.96. The van der Waals surface area contributed by atoms with Crippen LogP contribution in [0.15, 0.2) is 53.9 Å². The number of carbonyl (C=O) groups is 1. The molecular formula is C20H15ClN2O2S2. The van der Waals surface area contributed by atoms with Crippen LogP contribution in [0.3, 0.4) is 0 Å². The molecule has 27 heavy (non-hydrogen) atoms. The minimum atomic E-state index is -0.161. The van der Waals surface area contributed by atoms with Gasteiger partial charge in [0.25, 0.3) is 5.91 Å². The zero-order valence-electron chi connectivity index (χ0n) is 14.4. The van der Waals surface area contributed by atoms with Crippen LogP contribution in [0.2, 0.25) is 5.02 Å². The summed E-state index contributed by atoms with van der Waals surface area (Å²) in [5.74, 6) is 0.537. The van der Waals surface area contributed by atoms with E-state index in [9.17, 15) is 4.79 Å². The maximum Gasteiger partial charge on any atom is 0.267 e. The number of para-hydroxylation sites is 1. The van der Waals surface area contributed by atoms with E-state index in [1.807, 2.05) is 48.7 Å². The number of nitrogens with one attached hydrogen (secondary N) is 1. The van der Waals surface area contributed by atoms with Gasteiger partial charge in [-0.05, 0) is 48.2 Å². The van der Waals surface area contributed by atoms with E-state index in [1.165, 1.54) is 22.7 Å². The quantitative estimate of drug-likeness (QED) is 0.426. The molecule has 0 atom stereocenters. The molecular weight excluding hydrogens is 400 g/mol. The van der Waals surface area contributed by atoms with Crippen molar-refractivity contribution < 1.29 is 9.53 Å². The Morgan fingerprint density at radius 3 is 2.89 bits per heavy atom. The maximum absolute atomic E-state index is 12.5. The third-order valence-electron chi connectivity index (χ3n) is 3.92. The Morgan fingerprint density at radius 1 is 1.22 bits per heavy atom. The van der Waals surface area contributed by atoms with Crippen molar-refractivity contribution in [2.75, 3.05) is 5.32 Å². The first-order chi connectivity index (χ1) is 13.1. The van der Waals surface area contributed by atoms with Crippen molar-refractivity contribution in [3.8, 4) is 5.75 Å². The summed E-state index contributed by atoms with van der Waals surface area (Å²) in [7, 11) is 0. The summed E-state index contributed by atoms with van der Waals surface area (Å²) in [6.45, 7) is 2.39. The molecule has 0 aliphatic carbocycles. The van der Waals surface area contributed by atoms with Crippen LogP contribution in [0.1, 0.15) is 20.8 Å². The number of carbonyl (C=O) groups excluding carboxylic acids is 1. The van der Waals surface area contributed by atoms with E-state index < -0.39 is 0 Å². The van der Waals surface area contributed by atoms with Crippen LogP contribution in [0.25, 0.3) is 10.2 Å². The van der Waals surface area contributed by atoms with E-state index in [4.69, 9.17) is 16.3 Å². The highest BCUT2D eigenvalue weighted by atomic mass is 35.5. The number of anilines is 1. The number of aryl methyl sites for hydroxylation is 1. The number of hydrogen-bond donors (Lipinski definition) is 1. The first kappa shape index (κ1) is 18.0. The Bertz CT molecular complexity index is 1120. The highest BCUT2D eigenvalue weighted by molar-refractivity contribution is 7.22. The van der Waals surface area contributed by atoms with Crippen molar-refractivity contribution >= 4 is 55.5 Å². The maximum atomic E-state index is 12.5. The normalized spacial score (nSPS) is 10.9. The van der Waals surface area contributed by atoms with Crippen molar-refractivity contribution in [3.63, 3.8) is 0 Å². The van der Waals surface area contributed by atoms with Gasteiger partial charge in [-0.1, -0.05) is 41.1 Å². The van der Waals surface area contributed by atoms with Crippen molar-refractivity contribution in [2.24, 2.45) is 0 Å². The number of benzene rings is 2. The lowest BCUT2D eigenvalue weighted by Crippen LogP contribution is -2.09. The number of amides is 1. The standard InChI is InChI=1S/C20H15ClN2O2S2/c1-12-4-2-7-16-18(12)22-20(27-16)23-19(24)17-8-13(11-26-17)10-25-15-6-3-5-14(21)9-15/h2-9,11H,10H2,1H3,(H,22,23,24). The Hall–Kier alpha value is -2.41. The number of rotatable bonds is 5. The fraction of sp³-hybridized carbons (Fsp3) is 0.100. The van der Waals surface area contributed by atoms with E-state index in [2.05, 4.69) is 10.3 Å². The third-order valence-corrected chi connectivity index (χ3v) is 6.07. The number of fused-ring (bicyclic) bond motifs is 1. The molecule has 1 amide bonds. The van der Waals surface area contributed by atoms with E-state index >= 15 is 0 Å². The summed E-state index contributed by atoms with van der Waals surface area (Å²) >= 11 is 8.81. The topological polar surface area (TPSA) is 51.2 Å². The van der Waals surface area contributed by atoms with E-state index in [1.54, 1.807) is 12.1 Å². The SMILES string of the molecule is Cc1cccc2sc(NC(=O)c3cc(COc4cccc(Cl)c4)cs3)nc12. The van der Waals surface area contributed by atoms with Crippen LogP contribution in [0.5, 0.6) is 5.75 Å². The molecule has 0 unspecified atom stereocenters. The van der Waals surface area contributed by atoms with Gasteiger partial charge in [-0.15, -0.1) is 11.3 Å². The predicted molar refractivity (Wildman–Crippen MR) is 112 cm³/mol. The average Bonchev–Trinajstić information content (AvgIpc) is 3.27. The van der Waals surface area contributed by atoms with Crippen molar-refractivity contribution in [2.45, 2.75) is 13.5 Å². The second-order valence-corrected chi connectivity index (χ2v) is 8.34.